The Hall–Kier alpha value is -9.69. The molecule has 1 aliphatic heterocycles. The zero-order valence-electron chi connectivity index (χ0n) is 41.5. The van der Waals surface area contributed by atoms with Crippen molar-refractivity contribution < 1.29 is 0 Å². The molecule has 13 aromatic rings. The van der Waals surface area contributed by atoms with E-state index in [0.717, 1.165) is 44.3 Å². The first-order valence-corrected chi connectivity index (χ1v) is 28.0. The van der Waals surface area contributed by atoms with E-state index in [2.05, 4.69) is 301 Å². The molecule has 0 fully saturated rings. The lowest BCUT2D eigenvalue weighted by Gasteiger charge is -2.39. The van der Waals surface area contributed by atoms with E-state index < -0.39 is 8.07 Å². The van der Waals surface area contributed by atoms with Crippen molar-refractivity contribution in [3.63, 3.8) is 0 Å². The summed E-state index contributed by atoms with van der Waals surface area (Å²) >= 11 is 0. The van der Waals surface area contributed by atoms with Crippen LogP contribution in [0.4, 0.5) is 11.4 Å². The van der Waals surface area contributed by atoms with E-state index in [-0.39, 0.29) is 6.85 Å². The average Bonchev–Trinajstić information content (AvgIpc) is 3.86. The van der Waals surface area contributed by atoms with Crippen molar-refractivity contribution in [2.75, 3.05) is 4.81 Å². The summed E-state index contributed by atoms with van der Waals surface area (Å²) in [4.78, 5) is 18.9. The molecule has 14 rings (SSSR count). The molecular weight excluding hydrogens is 938 g/mol. The highest BCUT2D eigenvalue weighted by molar-refractivity contribution is 7.20. The number of aromatic nitrogens is 4. The molecule has 3 heterocycles. The number of hydrogen-bond donors (Lipinski definition) is 0. The Morgan fingerprint density at radius 3 is 1.45 bits per heavy atom. The highest BCUT2D eigenvalue weighted by Gasteiger charge is 2.42. The van der Waals surface area contributed by atoms with Gasteiger partial charge in [0.15, 0.2) is 19.7 Å². The van der Waals surface area contributed by atoms with Gasteiger partial charge in [-0.2, -0.15) is 9.97 Å². The van der Waals surface area contributed by atoms with Crippen molar-refractivity contribution >= 4 is 79.8 Å². The molecule has 0 N–H and O–H groups in total. The Bertz CT molecular complexity index is 4150. The van der Waals surface area contributed by atoms with Gasteiger partial charge in [-0.05, 0) is 85.4 Å². The van der Waals surface area contributed by atoms with Gasteiger partial charge < -0.3 is 4.81 Å². The van der Waals surface area contributed by atoms with E-state index in [1.54, 1.807) is 0 Å². The molecule has 0 bridgehead atoms. The molecule has 2 aromatic heterocycles. The van der Waals surface area contributed by atoms with Crippen molar-refractivity contribution in [2.45, 2.75) is 0 Å². The molecule has 0 atom stereocenters. The Morgan fingerprint density at radius 2 is 0.803 bits per heavy atom. The largest absolute Gasteiger partial charge is 0.376 e. The predicted molar refractivity (Wildman–Crippen MR) is 320 cm³/mol. The smallest absolute Gasteiger partial charge is 0.328 e. The molecule has 0 saturated heterocycles. The summed E-state index contributed by atoms with van der Waals surface area (Å²) in [7, 11) is -3.03. The zero-order chi connectivity index (χ0) is 50.4. The fourth-order valence-corrected chi connectivity index (χ4v) is 16.7. The number of benzene rings is 11. The number of rotatable bonds is 10. The minimum Gasteiger partial charge on any atom is -0.376 e. The first kappa shape index (κ1) is 45.0. The van der Waals surface area contributed by atoms with Crippen LogP contribution in [0.2, 0.25) is 0 Å². The Kier molecular flexibility index (Phi) is 11.2. The molecule has 0 amide bonds. The maximum atomic E-state index is 5.50. The highest BCUT2D eigenvalue weighted by atomic mass is 28.3. The van der Waals surface area contributed by atoms with Gasteiger partial charge in [-0.3, -0.25) is 4.57 Å². The fourth-order valence-electron chi connectivity index (χ4n) is 11.9. The molecule has 356 valence electrons. The van der Waals surface area contributed by atoms with Gasteiger partial charge in [0.1, 0.15) is 0 Å². The normalized spacial score (nSPS) is 12.2. The van der Waals surface area contributed by atoms with E-state index >= 15 is 0 Å². The summed E-state index contributed by atoms with van der Waals surface area (Å²) in [6.45, 7) is -0.0423. The van der Waals surface area contributed by atoms with Gasteiger partial charge in [0, 0.05) is 38.8 Å². The summed E-state index contributed by atoms with van der Waals surface area (Å²) < 4.78 is 2.20. The van der Waals surface area contributed by atoms with Crippen LogP contribution in [0.15, 0.2) is 291 Å². The van der Waals surface area contributed by atoms with Gasteiger partial charge in [0.05, 0.1) is 11.0 Å². The van der Waals surface area contributed by atoms with E-state index in [0.29, 0.717) is 17.6 Å². The van der Waals surface area contributed by atoms with Crippen molar-refractivity contribution in [3.8, 4) is 51.0 Å². The number of para-hydroxylation sites is 3. The van der Waals surface area contributed by atoms with Crippen LogP contribution in [-0.4, -0.2) is 34.4 Å². The Morgan fingerprint density at radius 1 is 0.329 bits per heavy atom. The lowest BCUT2D eigenvalue weighted by Crippen LogP contribution is -2.74. The second-order valence-electron chi connectivity index (χ2n) is 19.5. The van der Waals surface area contributed by atoms with Gasteiger partial charge >= 0.3 is 6.85 Å². The third-order valence-corrected chi connectivity index (χ3v) is 20.0. The summed E-state index contributed by atoms with van der Waals surface area (Å²) in [5.41, 5.74) is 13.4. The molecule has 76 heavy (non-hydrogen) atoms. The summed E-state index contributed by atoms with van der Waals surface area (Å²) in [5, 5.41) is 7.39. The van der Waals surface area contributed by atoms with Crippen LogP contribution >= 0.6 is 0 Å². The second kappa shape index (κ2) is 19.0. The van der Waals surface area contributed by atoms with E-state index in [9.17, 15) is 0 Å². The number of fused-ring (bicyclic) bond motifs is 6. The Balaban J connectivity index is 0.967. The van der Waals surface area contributed by atoms with Crippen LogP contribution in [-0.2, 0) is 0 Å². The van der Waals surface area contributed by atoms with E-state index in [1.807, 2.05) is 0 Å². The van der Waals surface area contributed by atoms with Crippen molar-refractivity contribution in [2.24, 2.45) is 0 Å². The summed E-state index contributed by atoms with van der Waals surface area (Å²) in [5.74, 6) is 1.75. The molecular formula is C69H48BN5Si. The van der Waals surface area contributed by atoms with Crippen molar-refractivity contribution in [1.82, 2.24) is 19.5 Å². The second-order valence-corrected chi connectivity index (χ2v) is 23.3. The Labute approximate surface area is 443 Å². The maximum absolute atomic E-state index is 5.50. The molecule has 0 unspecified atom stereocenters. The van der Waals surface area contributed by atoms with Crippen molar-refractivity contribution in [1.29, 1.82) is 0 Å². The van der Waals surface area contributed by atoms with Crippen molar-refractivity contribution in [3.05, 3.63) is 291 Å². The van der Waals surface area contributed by atoms with Gasteiger partial charge in [0.25, 0.3) is 0 Å². The fraction of sp³-hybridized carbons (Fsp3) is 0. The molecule has 7 heteroatoms. The summed E-state index contributed by atoms with van der Waals surface area (Å²) in [6.07, 6.45) is 0. The number of hydrogen-bond acceptors (Lipinski definition) is 4. The quantitative estimate of drug-likeness (QED) is 0.101. The lowest BCUT2D eigenvalue weighted by molar-refractivity contribution is 0.953. The third kappa shape index (κ3) is 7.59. The topological polar surface area (TPSA) is 46.8 Å². The first-order chi connectivity index (χ1) is 37.7. The monoisotopic (exact) mass is 985 g/mol. The molecule has 1 aliphatic rings. The van der Waals surface area contributed by atoms with Crippen LogP contribution in [0.5, 0.6) is 0 Å². The first-order valence-electron chi connectivity index (χ1n) is 26.0. The van der Waals surface area contributed by atoms with Crippen LogP contribution in [0.25, 0.3) is 72.8 Å². The van der Waals surface area contributed by atoms with Gasteiger partial charge in [-0.25, -0.2) is 4.98 Å². The van der Waals surface area contributed by atoms with Gasteiger partial charge in [-0.15, -0.1) is 0 Å². The molecule has 5 nitrogen and oxygen atoms in total. The van der Waals surface area contributed by atoms with Gasteiger partial charge in [0.2, 0.25) is 5.95 Å². The number of nitrogens with zero attached hydrogens (tertiary/aromatic N) is 5. The average molecular weight is 986 g/mol. The van der Waals surface area contributed by atoms with Crippen LogP contribution in [0.1, 0.15) is 0 Å². The number of anilines is 2. The predicted octanol–water partition coefficient (Wildman–Crippen LogP) is 12.3. The highest BCUT2D eigenvalue weighted by Crippen LogP contribution is 2.40. The van der Waals surface area contributed by atoms with E-state index in [4.69, 9.17) is 15.0 Å². The molecule has 11 aromatic carbocycles. The van der Waals surface area contributed by atoms with Crippen LogP contribution in [0.3, 0.4) is 0 Å². The SMILES string of the molecule is c1ccc(B2c3ccccc3-c3ccccc3N2c2ccc(-c3nc(-c4cccc([Si](c5ccccc5)(c5ccccc5)c5cccc(-c6ccccc6)c5)c4)nc(-n4c5ccccc5c5ccccc54)n3)cc2)cc1. The van der Waals surface area contributed by atoms with Crippen LogP contribution < -0.4 is 36.5 Å². The summed E-state index contributed by atoms with van der Waals surface area (Å²) in [6, 6.07) is 105. The maximum Gasteiger partial charge on any atom is 0.328 e. The molecule has 0 aliphatic carbocycles. The molecule has 0 radical (unpaired) electrons. The lowest BCUT2D eigenvalue weighted by atomic mass is 9.46. The van der Waals surface area contributed by atoms with Gasteiger partial charge in [-0.1, -0.05) is 254 Å². The van der Waals surface area contributed by atoms with E-state index in [1.165, 1.54) is 53.9 Å². The third-order valence-electron chi connectivity index (χ3n) is 15.3. The minimum absolute atomic E-state index is 0.0423. The zero-order valence-corrected chi connectivity index (χ0v) is 42.5. The minimum atomic E-state index is -3.03. The molecule has 0 spiro atoms. The molecule has 0 saturated carbocycles. The van der Waals surface area contributed by atoms with Crippen LogP contribution in [0, 0.1) is 0 Å². The standard InChI is InChI=1S/C69H48BN5Si/c1-5-23-49(24-6-1)51-25-21-33-57(47-51)76(55-29-9-3-10-30-55,56-31-11-4-12-32-56)58-34-22-26-52(48-58)68-71-67(72-69(73-68)74-64-40-18-14-37-61(64)62-38-15-19-41-65(62)74)50-43-45-54(46-44-50)75-66-42-20-16-36-60(66)59-35-13-17-39-63(59)70(75)53-27-7-2-8-28-53/h1-48H.